The van der Waals surface area contributed by atoms with E-state index in [9.17, 15) is 4.57 Å². The van der Waals surface area contributed by atoms with Gasteiger partial charge in [0, 0.05) is 11.2 Å². The molecule has 3 atom stereocenters. The third-order valence-corrected chi connectivity index (χ3v) is 3.46. The highest BCUT2D eigenvalue weighted by Crippen LogP contribution is 2.55. The minimum atomic E-state index is -3.37. The molecule has 0 aromatic heterocycles. The number of rotatable bonds is 6. The van der Waals surface area contributed by atoms with E-state index in [0.29, 0.717) is 0 Å². The standard InChI is InChI=1S/C8H18ClO3P/c1-5-7(3)11-13(9,10)12-8(4)6-2/h7-8H,5-6H2,1-4H3/t7-,8+,13?. The largest absolute Gasteiger partial charge is 0.424 e. The molecule has 1 unspecified atom stereocenters. The van der Waals surface area contributed by atoms with E-state index in [1.165, 1.54) is 0 Å². The van der Waals surface area contributed by atoms with Crippen LogP contribution >= 0.6 is 18.2 Å². The van der Waals surface area contributed by atoms with Gasteiger partial charge < -0.3 is 0 Å². The van der Waals surface area contributed by atoms with Gasteiger partial charge in [0.1, 0.15) is 0 Å². The molecule has 0 aliphatic carbocycles. The van der Waals surface area contributed by atoms with Crippen molar-refractivity contribution in [3.05, 3.63) is 0 Å². The lowest BCUT2D eigenvalue weighted by Crippen LogP contribution is -2.08. The van der Waals surface area contributed by atoms with E-state index in [0.717, 1.165) is 12.8 Å². The summed E-state index contributed by atoms with van der Waals surface area (Å²) >= 11 is 5.59. The van der Waals surface area contributed by atoms with Gasteiger partial charge in [-0.05, 0) is 26.7 Å². The predicted molar refractivity (Wildman–Crippen MR) is 55.1 cm³/mol. The van der Waals surface area contributed by atoms with Crippen LogP contribution in [0.15, 0.2) is 0 Å². The third kappa shape index (κ3) is 6.50. The first-order valence-corrected chi connectivity index (χ1v) is 7.02. The summed E-state index contributed by atoms with van der Waals surface area (Å²) in [5, 5.41) is 0. The molecule has 3 nitrogen and oxygen atoms in total. The highest BCUT2D eigenvalue weighted by atomic mass is 35.7. The van der Waals surface area contributed by atoms with E-state index in [-0.39, 0.29) is 12.2 Å². The third-order valence-electron chi connectivity index (χ3n) is 1.76. The fraction of sp³-hybridized carbons (Fsp3) is 1.00. The molecule has 0 N–H and O–H groups in total. The Morgan fingerprint density at radius 1 is 1.15 bits per heavy atom. The normalized spacial score (nSPS) is 20.7. The van der Waals surface area contributed by atoms with Crippen LogP contribution in [0.25, 0.3) is 0 Å². The monoisotopic (exact) mass is 228 g/mol. The van der Waals surface area contributed by atoms with Crippen molar-refractivity contribution in [2.24, 2.45) is 0 Å². The van der Waals surface area contributed by atoms with E-state index >= 15 is 0 Å². The summed E-state index contributed by atoms with van der Waals surface area (Å²) in [4.78, 5) is 0. The van der Waals surface area contributed by atoms with Crippen LogP contribution in [0, 0.1) is 0 Å². The van der Waals surface area contributed by atoms with E-state index < -0.39 is 6.95 Å². The minimum absolute atomic E-state index is 0.132. The second-order valence-corrected chi connectivity index (χ2v) is 5.60. The Bertz CT molecular complexity index is 170. The second kappa shape index (κ2) is 6.02. The number of hydrogen-bond acceptors (Lipinski definition) is 3. The molecule has 80 valence electrons. The van der Waals surface area contributed by atoms with E-state index in [1.54, 1.807) is 0 Å². The molecule has 0 saturated heterocycles. The van der Waals surface area contributed by atoms with Gasteiger partial charge in [0.05, 0.1) is 12.2 Å². The van der Waals surface area contributed by atoms with E-state index in [2.05, 4.69) is 0 Å². The zero-order valence-corrected chi connectivity index (χ0v) is 10.3. The molecule has 13 heavy (non-hydrogen) atoms. The Morgan fingerprint density at radius 2 is 1.46 bits per heavy atom. The lowest BCUT2D eigenvalue weighted by atomic mass is 10.3. The molecule has 0 saturated carbocycles. The van der Waals surface area contributed by atoms with Crippen molar-refractivity contribution in [1.29, 1.82) is 0 Å². The van der Waals surface area contributed by atoms with Crippen molar-refractivity contribution in [2.45, 2.75) is 52.7 Å². The molecule has 0 amide bonds. The maximum atomic E-state index is 11.5. The van der Waals surface area contributed by atoms with Crippen LogP contribution in [0.3, 0.4) is 0 Å². The SMILES string of the molecule is CC[C@@H](C)OP(=O)(Cl)O[C@@H](C)CC. The number of halogens is 1. The first kappa shape index (κ1) is 13.4. The highest BCUT2D eigenvalue weighted by molar-refractivity contribution is 7.81. The lowest BCUT2D eigenvalue weighted by molar-refractivity contribution is 0.135. The topological polar surface area (TPSA) is 35.5 Å². The molecule has 0 aliphatic rings. The van der Waals surface area contributed by atoms with E-state index in [1.807, 2.05) is 27.7 Å². The molecule has 0 bridgehead atoms. The molecule has 0 heterocycles. The first-order chi connectivity index (χ1) is 5.91. The minimum Gasteiger partial charge on any atom is -0.294 e. The molecule has 0 fully saturated rings. The van der Waals surface area contributed by atoms with Gasteiger partial charge in [-0.25, -0.2) is 4.57 Å². The molecule has 0 aliphatic heterocycles. The quantitative estimate of drug-likeness (QED) is 0.646. The Morgan fingerprint density at radius 3 is 1.69 bits per heavy atom. The van der Waals surface area contributed by atoms with Crippen LogP contribution < -0.4 is 0 Å². The summed E-state index contributed by atoms with van der Waals surface area (Å²) < 4.78 is 21.6. The molecule has 0 aromatic rings. The molecule has 0 rings (SSSR count). The van der Waals surface area contributed by atoms with E-state index in [4.69, 9.17) is 20.3 Å². The average molecular weight is 229 g/mol. The fourth-order valence-corrected chi connectivity index (χ4v) is 2.63. The summed E-state index contributed by atoms with van der Waals surface area (Å²) in [6, 6.07) is 0. The Labute approximate surface area is 85.1 Å². The molecular weight excluding hydrogens is 211 g/mol. The van der Waals surface area contributed by atoms with Crippen molar-refractivity contribution in [2.75, 3.05) is 0 Å². The van der Waals surface area contributed by atoms with Gasteiger partial charge in [-0.3, -0.25) is 9.05 Å². The number of hydrogen-bond donors (Lipinski definition) is 0. The first-order valence-electron chi connectivity index (χ1n) is 4.57. The van der Waals surface area contributed by atoms with Crippen LogP contribution in [-0.4, -0.2) is 12.2 Å². The predicted octanol–water partition coefficient (Wildman–Crippen LogP) is 3.96. The summed E-state index contributed by atoms with van der Waals surface area (Å²) in [5.41, 5.74) is 0. The van der Waals surface area contributed by atoms with Gasteiger partial charge in [0.15, 0.2) is 0 Å². The van der Waals surface area contributed by atoms with Crippen LogP contribution in [0.4, 0.5) is 0 Å². The van der Waals surface area contributed by atoms with Crippen LogP contribution in [-0.2, 0) is 13.6 Å². The Balaban J connectivity index is 4.00. The molecular formula is C8H18ClO3P. The van der Waals surface area contributed by atoms with Gasteiger partial charge >= 0.3 is 6.95 Å². The Kier molecular flexibility index (Phi) is 6.23. The highest BCUT2D eigenvalue weighted by Gasteiger charge is 2.25. The molecule has 0 aromatic carbocycles. The van der Waals surface area contributed by atoms with Crippen LogP contribution in [0.1, 0.15) is 40.5 Å². The maximum Gasteiger partial charge on any atom is 0.424 e. The lowest BCUT2D eigenvalue weighted by Gasteiger charge is -2.18. The Hall–Kier alpha value is 0.440. The van der Waals surface area contributed by atoms with Gasteiger partial charge in [-0.2, -0.15) is 0 Å². The zero-order valence-electron chi connectivity index (χ0n) is 8.62. The van der Waals surface area contributed by atoms with Crippen LogP contribution in [0.5, 0.6) is 0 Å². The molecule has 0 radical (unpaired) electrons. The van der Waals surface area contributed by atoms with Gasteiger partial charge in [0.25, 0.3) is 0 Å². The summed E-state index contributed by atoms with van der Waals surface area (Å²) in [6.45, 7) is 4.13. The summed E-state index contributed by atoms with van der Waals surface area (Å²) in [6.07, 6.45) is 1.26. The fourth-order valence-electron chi connectivity index (χ4n) is 0.604. The van der Waals surface area contributed by atoms with Crippen molar-refractivity contribution in [3.8, 4) is 0 Å². The second-order valence-electron chi connectivity index (χ2n) is 3.08. The van der Waals surface area contributed by atoms with Crippen molar-refractivity contribution in [1.82, 2.24) is 0 Å². The summed E-state index contributed by atoms with van der Waals surface area (Å²) in [5.74, 6) is 0. The molecule has 5 heteroatoms. The van der Waals surface area contributed by atoms with Crippen molar-refractivity contribution in [3.63, 3.8) is 0 Å². The van der Waals surface area contributed by atoms with Crippen LogP contribution in [0.2, 0.25) is 0 Å². The van der Waals surface area contributed by atoms with Gasteiger partial charge in [-0.1, -0.05) is 13.8 Å². The zero-order chi connectivity index (χ0) is 10.5. The smallest absolute Gasteiger partial charge is 0.294 e. The van der Waals surface area contributed by atoms with Crippen molar-refractivity contribution >= 4 is 18.2 Å². The van der Waals surface area contributed by atoms with Crippen molar-refractivity contribution < 1.29 is 13.6 Å². The molecule has 0 spiro atoms. The average Bonchev–Trinajstić information content (AvgIpc) is 2.02. The van der Waals surface area contributed by atoms with Gasteiger partial charge in [0.2, 0.25) is 0 Å². The summed E-state index contributed by atoms with van der Waals surface area (Å²) in [7, 11) is 0. The van der Waals surface area contributed by atoms with Gasteiger partial charge in [-0.15, -0.1) is 0 Å². The maximum absolute atomic E-state index is 11.5.